The Labute approximate surface area is 151 Å². The number of amides is 4. The highest BCUT2D eigenvalue weighted by molar-refractivity contribution is 6.08. The maximum Gasteiger partial charge on any atom is 0.325 e. The predicted molar refractivity (Wildman–Crippen MR) is 93.3 cm³/mol. The SMILES string of the molecule is CCc1nn(C)cc1NC(=O)C(C)(O)CN1C(=O)NC2(CCCC2)C1=O. The Morgan fingerprint density at radius 2 is 2.08 bits per heavy atom. The number of carbonyl (C=O) groups is 3. The van der Waals surface area contributed by atoms with E-state index in [1.165, 1.54) is 6.92 Å². The lowest BCUT2D eigenvalue weighted by atomic mass is 9.97. The van der Waals surface area contributed by atoms with Crippen LogP contribution >= 0.6 is 0 Å². The van der Waals surface area contributed by atoms with Crippen LogP contribution in [0.15, 0.2) is 6.20 Å². The molecule has 3 rings (SSSR count). The third-order valence-corrected chi connectivity index (χ3v) is 5.15. The molecule has 2 heterocycles. The number of aromatic nitrogens is 2. The number of nitrogens with zero attached hydrogens (tertiary/aromatic N) is 3. The molecule has 4 amide bonds. The molecular formula is C17H25N5O4. The summed E-state index contributed by atoms with van der Waals surface area (Å²) in [4.78, 5) is 38.4. The average Bonchev–Trinajstić information content (AvgIpc) is 3.23. The molecule has 0 radical (unpaired) electrons. The van der Waals surface area contributed by atoms with Gasteiger partial charge in [0.15, 0.2) is 5.60 Å². The van der Waals surface area contributed by atoms with E-state index in [1.54, 1.807) is 17.9 Å². The first-order valence-corrected chi connectivity index (χ1v) is 8.89. The Kier molecular flexibility index (Phi) is 4.51. The molecule has 1 spiro atoms. The number of carbonyl (C=O) groups excluding carboxylic acids is 3. The van der Waals surface area contributed by atoms with Gasteiger partial charge in [-0.3, -0.25) is 19.2 Å². The Morgan fingerprint density at radius 3 is 2.69 bits per heavy atom. The summed E-state index contributed by atoms with van der Waals surface area (Å²) in [5.74, 6) is -1.04. The zero-order valence-corrected chi connectivity index (χ0v) is 15.3. The van der Waals surface area contributed by atoms with Crippen molar-refractivity contribution in [1.82, 2.24) is 20.0 Å². The van der Waals surface area contributed by atoms with E-state index in [4.69, 9.17) is 0 Å². The van der Waals surface area contributed by atoms with Gasteiger partial charge in [-0.1, -0.05) is 19.8 Å². The van der Waals surface area contributed by atoms with Crippen LogP contribution < -0.4 is 10.6 Å². The monoisotopic (exact) mass is 363 g/mol. The lowest BCUT2D eigenvalue weighted by molar-refractivity contribution is -0.139. The Bertz CT molecular complexity index is 748. The zero-order chi connectivity index (χ0) is 19.1. The maximum atomic E-state index is 12.7. The Morgan fingerprint density at radius 1 is 1.42 bits per heavy atom. The van der Waals surface area contributed by atoms with Crippen molar-refractivity contribution < 1.29 is 19.5 Å². The molecule has 1 aliphatic heterocycles. The molecule has 1 unspecified atom stereocenters. The second kappa shape index (κ2) is 6.39. The molecule has 2 aliphatic rings. The first-order chi connectivity index (χ1) is 12.2. The van der Waals surface area contributed by atoms with Gasteiger partial charge in [0.05, 0.1) is 17.9 Å². The molecule has 3 N–H and O–H groups in total. The fourth-order valence-electron chi connectivity index (χ4n) is 3.67. The minimum absolute atomic E-state index is 0.358. The third kappa shape index (κ3) is 3.07. The number of urea groups is 1. The van der Waals surface area contributed by atoms with Crippen LogP contribution in [0, 0.1) is 0 Å². The third-order valence-electron chi connectivity index (χ3n) is 5.15. The summed E-state index contributed by atoms with van der Waals surface area (Å²) in [7, 11) is 1.74. The molecule has 1 saturated heterocycles. The molecule has 26 heavy (non-hydrogen) atoms. The van der Waals surface area contributed by atoms with Crippen molar-refractivity contribution in [3.8, 4) is 0 Å². The van der Waals surface area contributed by atoms with Gasteiger partial charge >= 0.3 is 6.03 Å². The van der Waals surface area contributed by atoms with Crippen molar-refractivity contribution in [2.24, 2.45) is 7.05 Å². The van der Waals surface area contributed by atoms with Crippen molar-refractivity contribution in [2.45, 2.75) is 57.1 Å². The number of nitrogens with one attached hydrogen (secondary N) is 2. The van der Waals surface area contributed by atoms with Crippen LogP contribution in [-0.4, -0.2) is 55.3 Å². The molecule has 1 aromatic heterocycles. The highest BCUT2D eigenvalue weighted by Gasteiger charge is 2.54. The summed E-state index contributed by atoms with van der Waals surface area (Å²) in [6.07, 6.45) is 5.20. The first kappa shape index (κ1) is 18.4. The number of rotatable bonds is 5. The van der Waals surface area contributed by atoms with Crippen LogP contribution in [0.25, 0.3) is 0 Å². The number of hydrogen-bond donors (Lipinski definition) is 3. The molecule has 0 aromatic carbocycles. The highest BCUT2D eigenvalue weighted by atomic mass is 16.3. The quantitative estimate of drug-likeness (QED) is 0.660. The van der Waals surface area contributed by atoms with E-state index in [0.717, 1.165) is 17.7 Å². The van der Waals surface area contributed by atoms with Gasteiger partial charge in [0.2, 0.25) is 0 Å². The van der Waals surface area contributed by atoms with E-state index >= 15 is 0 Å². The molecule has 142 valence electrons. The van der Waals surface area contributed by atoms with Gasteiger partial charge in [0, 0.05) is 13.2 Å². The van der Waals surface area contributed by atoms with E-state index in [0.29, 0.717) is 30.6 Å². The number of hydrogen-bond acceptors (Lipinski definition) is 5. The summed E-state index contributed by atoms with van der Waals surface area (Å²) >= 11 is 0. The van der Waals surface area contributed by atoms with Crippen molar-refractivity contribution in [3.05, 3.63) is 11.9 Å². The topological polar surface area (TPSA) is 117 Å². The van der Waals surface area contributed by atoms with Gasteiger partial charge in [-0.25, -0.2) is 4.79 Å². The summed E-state index contributed by atoms with van der Waals surface area (Å²) in [6, 6.07) is -0.555. The van der Waals surface area contributed by atoms with E-state index in [1.807, 2.05) is 6.92 Å². The van der Waals surface area contributed by atoms with Gasteiger partial charge in [0.1, 0.15) is 5.54 Å². The van der Waals surface area contributed by atoms with Gasteiger partial charge in [-0.15, -0.1) is 0 Å². The summed E-state index contributed by atoms with van der Waals surface area (Å²) in [5.41, 5.74) is -1.58. The molecule has 1 atom stereocenters. The first-order valence-electron chi connectivity index (χ1n) is 8.89. The number of aliphatic hydroxyl groups is 1. The lowest BCUT2D eigenvalue weighted by Crippen LogP contribution is -2.52. The van der Waals surface area contributed by atoms with Crippen LogP contribution in [0.3, 0.4) is 0 Å². The van der Waals surface area contributed by atoms with Crippen LogP contribution in [0.1, 0.15) is 45.2 Å². The Hall–Kier alpha value is -2.42. The van der Waals surface area contributed by atoms with Crippen LogP contribution in [0.5, 0.6) is 0 Å². The number of imide groups is 1. The summed E-state index contributed by atoms with van der Waals surface area (Å²) in [5, 5.41) is 20.2. The average molecular weight is 363 g/mol. The van der Waals surface area contributed by atoms with Crippen LogP contribution in [0.2, 0.25) is 0 Å². The second-order valence-electron chi connectivity index (χ2n) is 7.36. The maximum absolute atomic E-state index is 12.7. The molecular weight excluding hydrogens is 338 g/mol. The summed E-state index contributed by atoms with van der Waals surface area (Å²) in [6.45, 7) is 2.81. The molecule has 2 fully saturated rings. The van der Waals surface area contributed by atoms with Crippen molar-refractivity contribution in [1.29, 1.82) is 0 Å². The van der Waals surface area contributed by atoms with E-state index in [2.05, 4.69) is 15.7 Å². The number of anilines is 1. The van der Waals surface area contributed by atoms with Crippen molar-refractivity contribution in [2.75, 3.05) is 11.9 Å². The highest BCUT2D eigenvalue weighted by Crippen LogP contribution is 2.35. The van der Waals surface area contributed by atoms with E-state index in [9.17, 15) is 19.5 Å². The smallest absolute Gasteiger partial charge is 0.325 e. The van der Waals surface area contributed by atoms with Crippen molar-refractivity contribution in [3.63, 3.8) is 0 Å². The minimum atomic E-state index is -1.92. The second-order valence-corrected chi connectivity index (χ2v) is 7.36. The number of aryl methyl sites for hydroxylation is 2. The van der Waals surface area contributed by atoms with Gasteiger partial charge in [0.25, 0.3) is 11.8 Å². The van der Waals surface area contributed by atoms with Gasteiger partial charge < -0.3 is 15.7 Å². The van der Waals surface area contributed by atoms with Crippen LogP contribution in [0.4, 0.5) is 10.5 Å². The van der Waals surface area contributed by atoms with E-state index < -0.39 is 29.6 Å². The molecule has 1 aliphatic carbocycles. The standard InChI is InChI=1S/C17H25N5O4/c1-4-11-12(9-21(3)20-11)18-13(23)16(2,26)10-22-14(24)17(19-15(22)25)7-5-6-8-17/h9,26H,4-8,10H2,1-3H3,(H,18,23)(H,19,25). The molecule has 9 heteroatoms. The van der Waals surface area contributed by atoms with Gasteiger partial charge in [-0.05, 0) is 26.2 Å². The lowest BCUT2D eigenvalue weighted by Gasteiger charge is -2.27. The molecule has 0 bridgehead atoms. The largest absolute Gasteiger partial charge is 0.378 e. The normalized spacial score (nSPS) is 21.2. The minimum Gasteiger partial charge on any atom is -0.378 e. The Balaban J connectivity index is 1.72. The van der Waals surface area contributed by atoms with E-state index in [-0.39, 0.29) is 5.91 Å². The van der Waals surface area contributed by atoms with Crippen molar-refractivity contribution >= 4 is 23.5 Å². The number of β-amino-alcohol motifs (C(OH)–C–C–N with tert-alkyl or cyclic N) is 1. The molecule has 9 nitrogen and oxygen atoms in total. The predicted octanol–water partition coefficient (Wildman–Crippen LogP) is 0.537. The van der Waals surface area contributed by atoms with Gasteiger partial charge in [-0.2, -0.15) is 5.10 Å². The van der Waals surface area contributed by atoms with Crippen LogP contribution in [-0.2, 0) is 23.1 Å². The zero-order valence-electron chi connectivity index (χ0n) is 15.3. The summed E-state index contributed by atoms with van der Waals surface area (Å²) < 4.78 is 1.57. The molecule has 1 aromatic rings. The molecule has 1 saturated carbocycles. The fraction of sp³-hybridized carbons (Fsp3) is 0.647. The fourth-order valence-corrected chi connectivity index (χ4v) is 3.67.